The maximum atomic E-state index is 8.83. The van der Waals surface area contributed by atoms with E-state index < -0.39 is 0 Å². The van der Waals surface area contributed by atoms with E-state index in [2.05, 4.69) is 11.4 Å². The Morgan fingerprint density at radius 2 is 1.88 bits per heavy atom. The molecule has 0 fully saturated rings. The SMILES string of the molecule is COCCOCCCCNCCC(C)(C)C#N. The van der Waals surface area contributed by atoms with Crippen molar-refractivity contribution in [2.24, 2.45) is 5.41 Å². The normalized spacial score (nSPS) is 11.4. The van der Waals surface area contributed by atoms with Crippen LogP contribution in [0.25, 0.3) is 0 Å². The van der Waals surface area contributed by atoms with Gasteiger partial charge in [-0.3, -0.25) is 0 Å². The lowest BCUT2D eigenvalue weighted by atomic mass is 9.91. The van der Waals surface area contributed by atoms with Crippen LogP contribution in [0.15, 0.2) is 0 Å². The van der Waals surface area contributed by atoms with E-state index in [4.69, 9.17) is 14.7 Å². The molecule has 0 unspecified atom stereocenters. The summed E-state index contributed by atoms with van der Waals surface area (Å²) in [7, 11) is 1.68. The van der Waals surface area contributed by atoms with Gasteiger partial charge in [0.15, 0.2) is 0 Å². The second-order valence-corrected chi connectivity index (χ2v) is 4.81. The minimum atomic E-state index is -0.212. The van der Waals surface area contributed by atoms with Crippen LogP contribution in [0.1, 0.15) is 33.1 Å². The van der Waals surface area contributed by atoms with Crippen molar-refractivity contribution in [1.82, 2.24) is 5.32 Å². The fraction of sp³-hybridized carbons (Fsp3) is 0.923. The van der Waals surface area contributed by atoms with Crippen molar-refractivity contribution in [3.8, 4) is 6.07 Å². The molecule has 4 nitrogen and oxygen atoms in total. The fourth-order valence-electron chi connectivity index (χ4n) is 1.28. The molecule has 0 heterocycles. The van der Waals surface area contributed by atoms with Crippen LogP contribution < -0.4 is 5.32 Å². The molecule has 0 saturated heterocycles. The van der Waals surface area contributed by atoms with Crippen LogP contribution >= 0.6 is 0 Å². The Balaban J connectivity index is 3.12. The van der Waals surface area contributed by atoms with Gasteiger partial charge in [0, 0.05) is 13.7 Å². The van der Waals surface area contributed by atoms with Crippen molar-refractivity contribution in [2.75, 3.05) is 40.0 Å². The highest BCUT2D eigenvalue weighted by Crippen LogP contribution is 2.16. The van der Waals surface area contributed by atoms with Crippen molar-refractivity contribution in [1.29, 1.82) is 5.26 Å². The second kappa shape index (κ2) is 10.5. The van der Waals surface area contributed by atoms with E-state index in [0.717, 1.165) is 39.0 Å². The van der Waals surface area contributed by atoms with Crippen LogP contribution in [0.2, 0.25) is 0 Å². The van der Waals surface area contributed by atoms with E-state index >= 15 is 0 Å². The molecule has 0 aliphatic rings. The van der Waals surface area contributed by atoms with Gasteiger partial charge in [-0.05, 0) is 46.2 Å². The lowest BCUT2D eigenvalue weighted by molar-refractivity contribution is 0.0688. The topological polar surface area (TPSA) is 54.3 Å². The fourth-order valence-corrected chi connectivity index (χ4v) is 1.28. The lowest BCUT2D eigenvalue weighted by Crippen LogP contribution is -2.22. The van der Waals surface area contributed by atoms with Gasteiger partial charge in [0.25, 0.3) is 0 Å². The molecule has 0 aromatic rings. The Labute approximate surface area is 105 Å². The molecule has 0 spiro atoms. The van der Waals surface area contributed by atoms with Crippen LogP contribution in [0, 0.1) is 16.7 Å². The third-order valence-corrected chi connectivity index (χ3v) is 2.55. The number of hydrogen-bond donors (Lipinski definition) is 1. The van der Waals surface area contributed by atoms with Gasteiger partial charge in [0.1, 0.15) is 0 Å². The standard InChI is InChI=1S/C13H26N2O2/c1-13(2,12-14)6-8-15-7-4-5-9-17-11-10-16-3/h15H,4-11H2,1-3H3. The van der Waals surface area contributed by atoms with Crippen LogP contribution in [-0.4, -0.2) is 40.0 Å². The summed E-state index contributed by atoms with van der Waals surface area (Å²) in [6.07, 6.45) is 3.08. The number of unbranched alkanes of at least 4 members (excludes halogenated alkanes) is 1. The first-order valence-electron chi connectivity index (χ1n) is 6.31. The van der Waals surface area contributed by atoms with E-state index in [1.807, 2.05) is 13.8 Å². The highest BCUT2D eigenvalue weighted by atomic mass is 16.5. The molecular formula is C13H26N2O2. The van der Waals surface area contributed by atoms with Crippen LogP contribution in [0.5, 0.6) is 0 Å². The number of ether oxygens (including phenoxy) is 2. The van der Waals surface area contributed by atoms with Gasteiger partial charge in [-0.15, -0.1) is 0 Å². The Kier molecular flexibility index (Phi) is 10.1. The summed E-state index contributed by atoms with van der Waals surface area (Å²) in [5.41, 5.74) is -0.212. The number of nitriles is 1. The minimum Gasteiger partial charge on any atom is -0.382 e. The summed E-state index contributed by atoms with van der Waals surface area (Å²) < 4.78 is 10.2. The smallest absolute Gasteiger partial charge is 0.0700 e. The molecule has 4 heteroatoms. The molecule has 0 atom stereocenters. The van der Waals surface area contributed by atoms with Crippen LogP contribution in [-0.2, 0) is 9.47 Å². The molecule has 0 amide bonds. The molecule has 1 N–H and O–H groups in total. The third kappa shape index (κ3) is 11.6. The third-order valence-electron chi connectivity index (χ3n) is 2.55. The number of methoxy groups -OCH3 is 1. The van der Waals surface area contributed by atoms with Gasteiger partial charge in [0.05, 0.1) is 24.7 Å². The molecule has 100 valence electrons. The van der Waals surface area contributed by atoms with Crippen molar-refractivity contribution in [2.45, 2.75) is 33.1 Å². The van der Waals surface area contributed by atoms with Gasteiger partial charge < -0.3 is 14.8 Å². The Bertz CT molecular complexity index is 212. The van der Waals surface area contributed by atoms with Gasteiger partial charge in [0.2, 0.25) is 0 Å². The lowest BCUT2D eigenvalue weighted by Gasteiger charge is -2.14. The number of rotatable bonds is 11. The van der Waals surface area contributed by atoms with Crippen molar-refractivity contribution in [3.05, 3.63) is 0 Å². The first-order valence-corrected chi connectivity index (χ1v) is 6.31. The summed E-state index contributed by atoms with van der Waals surface area (Å²) in [5.74, 6) is 0. The summed E-state index contributed by atoms with van der Waals surface area (Å²) in [6, 6.07) is 2.30. The average Bonchev–Trinajstić information content (AvgIpc) is 2.31. The van der Waals surface area contributed by atoms with Crippen LogP contribution in [0.4, 0.5) is 0 Å². The van der Waals surface area contributed by atoms with Crippen molar-refractivity contribution >= 4 is 0 Å². The predicted molar refractivity (Wildman–Crippen MR) is 68.8 cm³/mol. The highest BCUT2D eigenvalue weighted by Gasteiger charge is 2.14. The molecule has 0 saturated carbocycles. The number of nitrogens with zero attached hydrogens (tertiary/aromatic N) is 1. The summed E-state index contributed by atoms with van der Waals surface area (Å²) >= 11 is 0. The zero-order chi connectivity index (χ0) is 13.0. The summed E-state index contributed by atoms with van der Waals surface area (Å²) in [6.45, 7) is 7.99. The monoisotopic (exact) mass is 242 g/mol. The van der Waals surface area contributed by atoms with Gasteiger partial charge in [-0.25, -0.2) is 0 Å². The van der Waals surface area contributed by atoms with Gasteiger partial charge in [-0.2, -0.15) is 5.26 Å². The first-order chi connectivity index (χ1) is 8.12. The van der Waals surface area contributed by atoms with Crippen molar-refractivity contribution in [3.63, 3.8) is 0 Å². The van der Waals surface area contributed by atoms with Gasteiger partial charge >= 0.3 is 0 Å². The zero-order valence-corrected chi connectivity index (χ0v) is 11.4. The molecule has 0 aliphatic carbocycles. The highest BCUT2D eigenvalue weighted by molar-refractivity contribution is 4.91. The average molecular weight is 242 g/mol. The number of nitrogens with one attached hydrogen (secondary N) is 1. The summed E-state index contributed by atoms with van der Waals surface area (Å²) in [4.78, 5) is 0. The predicted octanol–water partition coefficient (Wildman–Crippen LogP) is 1.96. The van der Waals surface area contributed by atoms with E-state index in [1.54, 1.807) is 7.11 Å². The Hall–Kier alpha value is -0.630. The molecule has 0 bridgehead atoms. The second-order valence-electron chi connectivity index (χ2n) is 4.81. The van der Waals surface area contributed by atoms with E-state index in [0.29, 0.717) is 13.2 Å². The molecule has 0 radical (unpaired) electrons. The quantitative estimate of drug-likeness (QED) is 0.563. The molecule has 0 rings (SSSR count). The maximum absolute atomic E-state index is 8.83. The van der Waals surface area contributed by atoms with Gasteiger partial charge in [-0.1, -0.05) is 0 Å². The maximum Gasteiger partial charge on any atom is 0.0700 e. The molecule has 17 heavy (non-hydrogen) atoms. The molecule has 0 aromatic carbocycles. The number of hydrogen-bond acceptors (Lipinski definition) is 4. The first kappa shape index (κ1) is 16.4. The van der Waals surface area contributed by atoms with Crippen LogP contribution in [0.3, 0.4) is 0 Å². The Morgan fingerprint density at radius 3 is 2.53 bits per heavy atom. The Morgan fingerprint density at radius 1 is 1.12 bits per heavy atom. The zero-order valence-electron chi connectivity index (χ0n) is 11.4. The molecular weight excluding hydrogens is 216 g/mol. The van der Waals surface area contributed by atoms with E-state index in [9.17, 15) is 0 Å². The molecule has 0 aromatic heterocycles. The van der Waals surface area contributed by atoms with E-state index in [1.165, 1.54) is 0 Å². The summed E-state index contributed by atoms with van der Waals surface area (Å²) in [5, 5.41) is 12.2. The van der Waals surface area contributed by atoms with E-state index in [-0.39, 0.29) is 5.41 Å². The largest absolute Gasteiger partial charge is 0.382 e. The minimum absolute atomic E-state index is 0.212. The molecule has 0 aliphatic heterocycles. The van der Waals surface area contributed by atoms with Crippen molar-refractivity contribution < 1.29 is 9.47 Å².